The molecule has 0 saturated carbocycles. The topological polar surface area (TPSA) is 58.6 Å². The first-order valence-electron chi connectivity index (χ1n) is 9.93. The molecule has 2 aliphatic rings. The molecule has 4 rings (SSSR count). The van der Waals surface area contributed by atoms with Gasteiger partial charge in [0, 0.05) is 18.5 Å². The standard InChI is InChI=1S/C23H26N2O3/c1-15-11-16(2)25(13-15)22(26)12-24-23(27)28-14-21-19-9-5-3-7-17(19)18-8-4-6-10-20(18)21/h3-10,15-16,21H,11-14H2,1-2H3,(H,24,27)/t15-,16+/m0/s1. The van der Waals surface area contributed by atoms with E-state index in [0.717, 1.165) is 13.0 Å². The number of likely N-dealkylation sites (tertiary alicyclic amines) is 1. The first-order valence-corrected chi connectivity index (χ1v) is 9.93. The molecule has 0 aromatic heterocycles. The van der Waals surface area contributed by atoms with E-state index in [1.165, 1.54) is 22.3 Å². The van der Waals surface area contributed by atoms with Gasteiger partial charge in [-0.2, -0.15) is 0 Å². The Morgan fingerprint density at radius 3 is 2.21 bits per heavy atom. The fourth-order valence-corrected chi connectivity index (χ4v) is 4.55. The van der Waals surface area contributed by atoms with Gasteiger partial charge in [0.1, 0.15) is 13.2 Å². The van der Waals surface area contributed by atoms with Crippen molar-refractivity contribution in [2.45, 2.75) is 32.2 Å². The van der Waals surface area contributed by atoms with Crippen molar-refractivity contribution in [1.29, 1.82) is 0 Å². The minimum Gasteiger partial charge on any atom is -0.449 e. The van der Waals surface area contributed by atoms with Gasteiger partial charge >= 0.3 is 6.09 Å². The summed E-state index contributed by atoms with van der Waals surface area (Å²) < 4.78 is 5.48. The lowest BCUT2D eigenvalue weighted by Gasteiger charge is -2.21. The van der Waals surface area contributed by atoms with Gasteiger partial charge in [-0.1, -0.05) is 55.5 Å². The SMILES string of the molecule is C[C@H]1C[C@@H](C)N(C(=O)CNC(=O)OCC2c3ccccc3-c3ccccc32)C1. The second-order valence-electron chi connectivity index (χ2n) is 7.92. The Kier molecular flexibility index (Phi) is 5.07. The predicted octanol–water partition coefficient (Wildman–Crippen LogP) is 3.78. The Morgan fingerprint density at radius 1 is 1.04 bits per heavy atom. The maximum absolute atomic E-state index is 12.3. The van der Waals surface area contributed by atoms with Gasteiger partial charge in [0.15, 0.2) is 0 Å². The third kappa shape index (κ3) is 3.49. The van der Waals surface area contributed by atoms with E-state index in [-0.39, 0.29) is 31.0 Å². The number of alkyl carbamates (subject to hydrolysis) is 1. The van der Waals surface area contributed by atoms with E-state index in [0.29, 0.717) is 5.92 Å². The lowest BCUT2D eigenvalue weighted by molar-refractivity contribution is -0.130. The molecule has 28 heavy (non-hydrogen) atoms. The van der Waals surface area contributed by atoms with Gasteiger partial charge in [0.25, 0.3) is 0 Å². The molecule has 0 bridgehead atoms. The van der Waals surface area contributed by atoms with Crippen LogP contribution >= 0.6 is 0 Å². The molecule has 2 aromatic carbocycles. The Balaban J connectivity index is 1.35. The van der Waals surface area contributed by atoms with Gasteiger partial charge in [-0.15, -0.1) is 0 Å². The average Bonchev–Trinajstić information content (AvgIpc) is 3.21. The summed E-state index contributed by atoms with van der Waals surface area (Å²) in [6.45, 7) is 5.18. The van der Waals surface area contributed by atoms with Crippen molar-refractivity contribution in [3.8, 4) is 11.1 Å². The highest BCUT2D eigenvalue weighted by atomic mass is 16.5. The number of nitrogens with one attached hydrogen (secondary N) is 1. The van der Waals surface area contributed by atoms with Crippen LogP contribution in [-0.2, 0) is 9.53 Å². The number of fused-ring (bicyclic) bond motifs is 3. The highest BCUT2D eigenvalue weighted by Crippen LogP contribution is 2.44. The van der Waals surface area contributed by atoms with Crippen LogP contribution in [0, 0.1) is 5.92 Å². The number of carbonyl (C=O) groups is 2. The number of benzene rings is 2. The van der Waals surface area contributed by atoms with Gasteiger partial charge in [-0.3, -0.25) is 4.79 Å². The lowest BCUT2D eigenvalue weighted by Crippen LogP contribution is -2.42. The highest BCUT2D eigenvalue weighted by Gasteiger charge is 2.31. The van der Waals surface area contributed by atoms with Crippen LogP contribution in [0.1, 0.15) is 37.3 Å². The molecule has 1 aliphatic carbocycles. The van der Waals surface area contributed by atoms with Crippen molar-refractivity contribution in [2.75, 3.05) is 19.7 Å². The maximum Gasteiger partial charge on any atom is 0.407 e. The molecule has 2 amide bonds. The average molecular weight is 378 g/mol. The molecule has 5 nitrogen and oxygen atoms in total. The summed E-state index contributed by atoms with van der Waals surface area (Å²) in [5, 5.41) is 2.61. The van der Waals surface area contributed by atoms with Crippen LogP contribution in [0.5, 0.6) is 0 Å². The second kappa shape index (κ2) is 7.66. The molecular weight excluding hydrogens is 352 g/mol. The van der Waals surface area contributed by atoms with Crippen LogP contribution in [0.25, 0.3) is 11.1 Å². The van der Waals surface area contributed by atoms with E-state index in [2.05, 4.69) is 43.4 Å². The maximum atomic E-state index is 12.3. The summed E-state index contributed by atoms with van der Waals surface area (Å²) >= 11 is 0. The van der Waals surface area contributed by atoms with Gasteiger partial charge in [-0.05, 0) is 41.5 Å². The molecule has 1 N–H and O–H groups in total. The van der Waals surface area contributed by atoms with E-state index >= 15 is 0 Å². The minimum absolute atomic E-state index is 0.0201. The van der Waals surface area contributed by atoms with E-state index < -0.39 is 6.09 Å². The van der Waals surface area contributed by atoms with Crippen LogP contribution in [0.4, 0.5) is 4.79 Å². The first kappa shape index (κ1) is 18.5. The van der Waals surface area contributed by atoms with Gasteiger partial charge in [-0.25, -0.2) is 4.79 Å². The van der Waals surface area contributed by atoms with Crippen molar-refractivity contribution < 1.29 is 14.3 Å². The zero-order valence-electron chi connectivity index (χ0n) is 16.4. The Labute approximate surface area is 165 Å². The Morgan fingerprint density at radius 2 is 1.64 bits per heavy atom. The molecule has 0 radical (unpaired) electrons. The van der Waals surface area contributed by atoms with Crippen molar-refractivity contribution >= 4 is 12.0 Å². The smallest absolute Gasteiger partial charge is 0.407 e. The van der Waals surface area contributed by atoms with E-state index in [4.69, 9.17) is 4.74 Å². The fourth-order valence-electron chi connectivity index (χ4n) is 4.55. The molecular formula is C23H26N2O3. The number of carbonyl (C=O) groups excluding carboxylic acids is 2. The molecule has 1 aliphatic heterocycles. The number of ether oxygens (including phenoxy) is 1. The van der Waals surface area contributed by atoms with Crippen LogP contribution in [0.3, 0.4) is 0 Å². The number of hydrogen-bond acceptors (Lipinski definition) is 3. The molecule has 146 valence electrons. The summed E-state index contributed by atoms with van der Waals surface area (Å²) in [5.41, 5.74) is 4.73. The summed E-state index contributed by atoms with van der Waals surface area (Å²) in [6, 6.07) is 16.7. The quantitative estimate of drug-likeness (QED) is 0.881. The largest absolute Gasteiger partial charge is 0.449 e. The summed E-state index contributed by atoms with van der Waals surface area (Å²) in [7, 11) is 0. The number of amides is 2. The molecule has 1 heterocycles. The lowest BCUT2D eigenvalue weighted by atomic mass is 9.98. The fraction of sp³-hybridized carbons (Fsp3) is 0.391. The van der Waals surface area contributed by atoms with Crippen LogP contribution in [0.15, 0.2) is 48.5 Å². The molecule has 1 fully saturated rings. The summed E-state index contributed by atoms with van der Waals surface area (Å²) in [4.78, 5) is 26.4. The zero-order valence-corrected chi connectivity index (χ0v) is 16.4. The van der Waals surface area contributed by atoms with E-state index in [1.807, 2.05) is 29.2 Å². The van der Waals surface area contributed by atoms with Gasteiger partial charge in [0.05, 0.1) is 0 Å². The minimum atomic E-state index is -0.546. The van der Waals surface area contributed by atoms with Crippen LogP contribution < -0.4 is 5.32 Å². The third-order valence-electron chi connectivity index (χ3n) is 5.83. The second-order valence-corrected chi connectivity index (χ2v) is 7.92. The first-order chi connectivity index (χ1) is 13.5. The number of hydrogen-bond donors (Lipinski definition) is 1. The normalized spacial score (nSPS) is 20.6. The number of rotatable bonds is 4. The van der Waals surface area contributed by atoms with Crippen molar-refractivity contribution in [3.05, 3.63) is 59.7 Å². The van der Waals surface area contributed by atoms with E-state index in [9.17, 15) is 9.59 Å². The predicted molar refractivity (Wildman–Crippen MR) is 108 cm³/mol. The monoisotopic (exact) mass is 378 g/mol. The van der Waals surface area contributed by atoms with Crippen LogP contribution in [-0.4, -0.2) is 42.6 Å². The van der Waals surface area contributed by atoms with Gasteiger partial charge in [0.2, 0.25) is 5.91 Å². The molecule has 2 atom stereocenters. The summed E-state index contributed by atoms with van der Waals surface area (Å²) in [6.07, 6.45) is 0.464. The Bertz CT molecular complexity index is 849. The number of nitrogens with zero attached hydrogens (tertiary/aromatic N) is 1. The van der Waals surface area contributed by atoms with Crippen molar-refractivity contribution in [2.24, 2.45) is 5.92 Å². The summed E-state index contributed by atoms with van der Waals surface area (Å²) in [5.74, 6) is 0.479. The molecule has 0 spiro atoms. The highest BCUT2D eigenvalue weighted by molar-refractivity contribution is 5.83. The van der Waals surface area contributed by atoms with Gasteiger partial charge < -0.3 is 15.0 Å². The zero-order chi connectivity index (χ0) is 19.7. The van der Waals surface area contributed by atoms with Crippen molar-refractivity contribution in [3.63, 3.8) is 0 Å². The third-order valence-corrected chi connectivity index (χ3v) is 5.83. The molecule has 0 unspecified atom stereocenters. The van der Waals surface area contributed by atoms with Crippen molar-refractivity contribution in [1.82, 2.24) is 10.2 Å². The Hall–Kier alpha value is -2.82. The molecule has 2 aromatic rings. The van der Waals surface area contributed by atoms with E-state index in [1.54, 1.807) is 0 Å². The molecule has 5 heteroatoms. The van der Waals surface area contributed by atoms with Crippen LogP contribution in [0.2, 0.25) is 0 Å². The molecule has 1 saturated heterocycles.